The van der Waals surface area contributed by atoms with Crippen molar-refractivity contribution in [3.05, 3.63) is 35.7 Å². The van der Waals surface area contributed by atoms with E-state index in [0.717, 1.165) is 43.6 Å². The Kier molecular flexibility index (Phi) is 4.75. The summed E-state index contributed by atoms with van der Waals surface area (Å²) in [6, 6.07) is 2.72. The van der Waals surface area contributed by atoms with Crippen LogP contribution in [-0.2, 0) is 11.2 Å². The van der Waals surface area contributed by atoms with Gasteiger partial charge in [-0.3, -0.25) is 4.98 Å². The van der Waals surface area contributed by atoms with Crippen molar-refractivity contribution in [3.8, 4) is 0 Å². The Balaban J connectivity index is 1.42. The molecule has 1 aromatic rings. The zero-order chi connectivity index (χ0) is 21.1. The first-order valence-electron chi connectivity index (χ1n) is 11.9. The van der Waals surface area contributed by atoms with Crippen molar-refractivity contribution in [3.63, 3.8) is 0 Å². The summed E-state index contributed by atoms with van der Waals surface area (Å²) >= 11 is 0. The smallest absolute Gasteiger partial charge is 0.409 e. The summed E-state index contributed by atoms with van der Waals surface area (Å²) in [7, 11) is 1.52. The zero-order valence-corrected chi connectivity index (χ0v) is 19.0. The van der Waals surface area contributed by atoms with Crippen LogP contribution in [0.3, 0.4) is 0 Å². The second-order valence-corrected chi connectivity index (χ2v) is 10.6. The number of methoxy groups -OCH3 is 1. The third kappa shape index (κ3) is 2.71. The van der Waals surface area contributed by atoms with Gasteiger partial charge in [0.05, 0.1) is 7.11 Å². The first-order chi connectivity index (χ1) is 14.4. The molecule has 162 valence electrons. The molecule has 6 atom stereocenters. The number of allylic oxidation sites excluding steroid dienone is 2. The molecule has 2 unspecified atom stereocenters. The van der Waals surface area contributed by atoms with Gasteiger partial charge in [0, 0.05) is 25.0 Å². The molecule has 30 heavy (non-hydrogen) atoms. The first kappa shape index (κ1) is 20.1. The minimum absolute atomic E-state index is 0.129. The largest absolute Gasteiger partial charge is 0.453 e. The second-order valence-electron chi connectivity index (χ2n) is 10.6. The molecule has 2 heterocycles. The average Bonchev–Trinajstić information content (AvgIpc) is 3.30. The summed E-state index contributed by atoms with van der Waals surface area (Å²) in [6.07, 6.45) is 14.7. The zero-order valence-electron chi connectivity index (χ0n) is 19.0. The molecule has 0 N–H and O–H groups in total. The van der Waals surface area contributed by atoms with Gasteiger partial charge < -0.3 is 9.64 Å². The van der Waals surface area contributed by atoms with Gasteiger partial charge in [-0.1, -0.05) is 26.8 Å². The monoisotopic (exact) mass is 408 g/mol. The average molecular weight is 409 g/mol. The number of hydrogen-bond acceptors (Lipinski definition) is 3. The fraction of sp³-hybridized carbons (Fsp3) is 0.692. The van der Waals surface area contributed by atoms with Crippen LogP contribution in [0.5, 0.6) is 0 Å². The molecule has 0 spiro atoms. The lowest BCUT2D eigenvalue weighted by atomic mass is 9.48. The second kappa shape index (κ2) is 7.10. The van der Waals surface area contributed by atoms with E-state index < -0.39 is 0 Å². The maximum atomic E-state index is 12.3. The van der Waals surface area contributed by atoms with Crippen LogP contribution in [0, 0.1) is 28.6 Å². The first-order valence-corrected chi connectivity index (χ1v) is 11.9. The van der Waals surface area contributed by atoms with Crippen LogP contribution in [0.15, 0.2) is 24.5 Å². The SMILES string of the molecule is CCc1cncc(C2=CC[C@H]3[C@@H]4CCC5N(C(=O)OC)CC[C@]5(C)C4CC[C@]23C)c1. The molecular weight excluding hydrogens is 372 g/mol. The fourth-order valence-electron chi connectivity index (χ4n) is 8.00. The van der Waals surface area contributed by atoms with Gasteiger partial charge in [0.25, 0.3) is 0 Å². The lowest BCUT2D eigenvalue weighted by Gasteiger charge is -2.57. The molecule has 0 bridgehead atoms. The van der Waals surface area contributed by atoms with Crippen molar-refractivity contribution in [2.45, 2.75) is 71.8 Å². The van der Waals surface area contributed by atoms with Gasteiger partial charge >= 0.3 is 6.09 Å². The number of aryl methyl sites for hydroxylation is 1. The molecule has 4 nitrogen and oxygen atoms in total. The molecule has 5 rings (SSSR count). The summed E-state index contributed by atoms with van der Waals surface area (Å²) < 4.78 is 5.10. The summed E-state index contributed by atoms with van der Waals surface area (Å²) in [5, 5.41) is 0. The summed E-state index contributed by atoms with van der Waals surface area (Å²) in [5.74, 6) is 2.21. The standard InChI is InChI=1S/C26H36N2O2/c1-5-17-14-18(16-27-15-17)20-7-8-21-19-6-9-23-26(3,12-13-28(23)24(29)30-4)22(19)10-11-25(20,21)2/h7,14-16,19,21-23H,5-6,8-13H2,1-4H3/t19-,21-,22?,23?,25+,26+/m0/s1. The van der Waals surface area contributed by atoms with Crippen LogP contribution in [0.4, 0.5) is 4.79 Å². The lowest BCUT2D eigenvalue weighted by molar-refractivity contribution is -0.0608. The number of likely N-dealkylation sites (tertiary alicyclic amines) is 1. The Morgan fingerprint density at radius 1 is 1.20 bits per heavy atom. The minimum Gasteiger partial charge on any atom is -0.453 e. The van der Waals surface area contributed by atoms with Crippen molar-refractivity contribution in [1.82, 2.24) is 9.88 Å². The van der Waals surface area contributed by atoms with Gasteiger partial charge in [-0.25, -0.2) is 4.79 Å². The number of ether oxygens (including phenoxy) is 1. The molecule has 0 radical (unpaired) electrons. The quantitative estimate of drug-likeness (QED) is 0.628. The van der Waals surface area contributed by atoms with Crippen LogP contribution in [-0.4, -0.2) is 35.7 Å². The van der Waals surface area contributed by atoms with E-state index in [0.29, 0.717) is 6.04 Å². The van der Waals surface area contributed by atoms with Crippen molar-refractivity contribution < 1.29 is 9.53 Å². The van der Waals surface area contributed by atoms with Gasteiger partial charge in [-0.15, -0.1) is 0 Å². The summed E-state index contributed by atoms with van der Waals surface area (Å²) in [4.78, 5) is 18.9. The predicted octanol–water partition coefficient (Wildman–Crippen LogP) is 5.72. The van der Waals surface area contributed by atoms with Crippen molar-refractivity contribution in [2.75, 3.05) is 13.7 Å². The molecule has 3 aliphatic carbocycles. The molecule has 1 aromatic heterocycles. The van der Waals surface area contributed by atoms with E-state index in [2.05, 4.69) is 44.1 Å². The number of rotatable bonds is 2. The molecule has 2 saturated carbocycles. The number of hydrogen-bond donors (Lipinski definition) is 0. The molecule has 3 fully saturated rings. The van der Waals surface area contributed by atoms with Gasteiger partial charge in [0.15, 0.2) is 0 Å². The Hall–Kier alpha value is -1.84. The highest BCUT2D eigenvalue weighted by Gasteiger charge is 2.61. The van der Waals surface area contributed by atoms with Gasteiger partial charge in [0.2, 0.25) is 0 Å². The van der Waals surface area contributed by atoms with E-state index in [4.69, 9.17) is 4.74 Å². The highest BCUT2D eigenvalue weighted by molar-refractivity contribution is 5.73. The lowest BCUT2D eigenvalue weighted by Crippen LogP contribution is -2.54. The molecule has 4 aliphatic rings. The normalized spacial score (nSPS) is 39.7. The van der Waals surface area contributed by atoms with Crippen LogP contribution < -0.4 is 0 Å². The van der Waals surface area contributed by atoms with E-state index in [9.17, 15) is 4.79 Å². The number of nitrogens with zero attached hydrogens (tertiary/aromatic N) is 2. The Labute approximate surface area is 181 Å². The molecule has 0 aromatic carbocycles. The molecule has 1 aliphatic heterocycles. The number of aromatic nitrogens is 1. The third-order valence-corrected chi connectivity index (χ3v) is 9.59. The third-order valence-electron chi connectivity index (χ3n) is 9.59. The Bertz CT molecular complexity index is 880. The maximum absolute atomic E-state index is 12.3. The Morgan fingerprint density at radius 2 is 2.03 bits per heavy atom. The number of fused-ring (bicyclic) bond motifs is 5. The molecular formula is C26H36N2O2. The number of amides is 1. The highest BCUT2D eigenvalue weighted by atomic mass is 16.5. The fourth-order valence-corrected chi connectivity index (χ4v) is 8.00. The van der Waals surface area contributed by atoms with Crippen LogP contribution in [0.1, 0.15) is 70.4 Å². The highest BCUT2D eigenvalue weighted by Crippen LogP contribution is 2.66. The van der Waals surface area contributed by atoms with Gasteiger partial charge in [-0.2, -0.15) is 0 Å². The predicted molar refractivity (Wildman–Crippen MR) is 119 cm³/mol. The topological polar surface area (TPSA) is 42.4 Å². The minimum atomic E-state index is -0.129. The van der Waals surface area contributed by atoms with Crippen LogP contribution in [0.25, 0.3) is 5.57 Å². The van der Waals surface area contributed by atoms with Gasteiger partial charge in [0.1, 0.15) is 0 Å². The van der Waals surface area contributed by atoms with Crippen molar-refractivity contribution >= 4 is 11.7 Å². The van der Waals surface area contributed by atoms with Crippen LogP contribution >= 0.6 is 0 Å². The van der Waals surface area contributed by atoms with Gasteiger partial charge in [-0.05, 0) is 96.3 Å². The number of pyridine rings is 1. The maximum Gasteiger partial charge on any atom is 0.409 e. The van der Waals surface area contributed by atoms with E-state index in [1.165, 1.54) is 43.9 Å². The van der Waals surface area contributed by atoms with E-state index in [-0.39, 0.29) is 16.9 Å². The molecule has 4 heteroatoms. The number of carbonyl (C=O) groups excluding carboxylic acids is 1. The Morgan fingerprint density at radius 3 is 2.80 bits per heavy atom. The van der Waals surface area contributed by atoms with Crippen molar-refractivity contribution in [2.24, 2.45) is 28.6 Å². The molecule has 1 saturated heterocycles. The van der Waals surface area contributed by atoms with E-state index >= 15 is 0 Å². The van der Waals surface area contributed by atoms with E-state index in [1.54, 1.807) is 5.57 Å². The summed E-state index contributed by atoms with van der Waals surface area (Å²) in [5.41, 5.74) is 4.72. The number of carbonyl (C=O) groups is 1. The summed E-state index contributed by atoms with van der Waals surface area (Å²) in [6.45, 7) is 8.06. The van der Waals surface area contributed by atoms with E-state index in [1.807, 2.05) is 11.1 Å². The molecule has 1 amide bonds. The van der Waals surface area contributed by atoms with Crippen molar-refractivity contribution in [1.29, 1.82) is 0 Å². The van der Waals surface area contributed by atoms with Crippen LogP contribution in [0.2, 0.25) is 0 Å².